The van der Waals surface area contributed by atoms with E-state index in [1.165, 1.54) is 16.6 Å². The normalized spacial score (nSPS) is 13.7. The summed E-state index contributed by atoms with van der Waals surface area (Å²) >= 11 is 0. The van der Waals surface area contributed by atoms with Crippen molar-refractivity contribution in [2.24, 2.45) is 0 Å². The Hall–Kier alpha value is -3.11. The first-order chi connectivity index (χ1) is 13.5. The minimum atomic E-state index is -3.85. The Bertz CT molecular complexity index is 1090. The molecule has 0 saturated carbocycles. The van der Waals surface area contributed by atoms with Crippen molar-refractivity contribution >= 4 is 15.9 Å². The third kappa shape index (κ3) is 3.78. The lowest BCUT2D eigenvalue weighted by atomic mass is 9.92. The lowest BCUT2D eigenvalue weighted by Crippen LogP contribution is -2.41. The molecule has 0 bridgehead atoms. The number of nitrogens with one attached hydrogen (secondary N) is 2. The summed E-state index contributed by atoms with van der Waals surface area (Å²) in [7, 11) is -3.85. The van der Waals surface area contributed by atoms with Crippen LogP contribution in [-0.2, 0) is 22.9 Å². The van der Waals surface area contributed by atoms with Crippen LogP contribution < -0.4 is 10.3 Å². The number of tetrazole rings is 1. The van der Waals surface area contributed by atoms with Crippen LogP contribution in [0.25, 0.3) is 5.69 Å². The summed E-state index contributed by atoms with van der Waals surface area (Å²) in [6, 6.07) is 11.5. The number of hydrogen-bond acceptors (Lipinski definition) is 6. The van der Waals surface area contributed by atoms with Crippen LogP contribution in [0.2, 0.25) is 0 Å². The Morgan fingerprint density at radius 2 is 1.75 bits per heavy atom. The molecule has 0 atom stereocenters. The number of sulfonamides is 1. The van der Waals surface area contributed by atoms with Gasteiger partial charge in [-0.25, -0.2) is 13.1 Å². The second-order valence-corrected chi connectivity index (χ2v) is 8.18. The van der Waals surface area contributed by atoms with Crippen LogP contribution in [0.5, 0.6) is 0 Å². The largest absolute Gasteiger partial charge is 0.273 e. The zero-order valence-corrected chi connectivity index (χ0v) is 15.7. The molecule has 0 saturated heterocycles. The maximum Gasteiger partial charge on any atom is 0.266 e. The third-order valence-corrected chi connectivity index (χ3v) is 5.92. The summed E-state index contributed by atoms with van der Waals surface area (Å²) in [5, 5.41) is 10.8. The molecule has 3 aromatic rings. The summed E-state index contributed by atoms with van der Waals surface area (Å²) in [6.07, 6.45) is 5.46. The molecule has 2 aromatic carbocycles. The van der Waals surface area contributed by atoms with E-state index in [1.54, 1.807) is 36.4 Å². The molecule has 2 N–H and O–H groups in total. The van der Waals surface area contributed by atoms with Gasteiger partial charge in [0.2, 0.25) is 0 Å². The fraction of sp³-hybridized carbons (Fsp3) is 0.222. The quantitative estimate of drug-likeness (QED) is 0.623. The number of benzene rings is 2. The Labute approximate surface area is 161 Å². The Kier molecular flexibility index (Phi) is 4.88. The van der Waals surface area contributed by atoms with Crippen LogP contribution in [-0.4, -0.2) is 34.5 Å². The first kappa shape index (κ1) is 18.3. The van der Waals surface area contributed by atoms with E-state index in [9.17, 15) is 13.2 Å². The minimum absolute atomic E-state index is 0.141. The molecule has 0 spiro atoms. The predicted molar refractivity (Wildman–Crippen MR) is 100 cm³/mol. The number of rotatable bonds is 5. The number of aryl methyl sites for hydroxylation is 2. The smallest absolute Gasteiger partial charge is 0.266 e. The van der Waals surface area contributed by atoms with E-state index in [0.29, 0.717) is 11.3 Å². The maximum atomic E-state index is 12.5. The molecular formula is C18H18N6O3S. The van der Waals surface area contributed by atoms with E-state index in [0.717, 1.165) is 31.2 Å². The number of hydrogen-bond donors (Lipinski definition) is 2. The second kappa shape index (κ2) is 7.49. The standard InChI is InChI=1S/C18H18N6O3S/c25-18(14-5-8-16(9-6-14)24-12-19-21-22-24)20-23-28(26,27)17-10-7-13-3-1-2-4-15(13)11-17/h5-12,23H,1-4H2,(H,20,25). The molecule has 1 amide bonds. The van der Waals surface area contributed by atoms with Crippen LogP contribution in [0.1, 0.15) is 34.3 Å². The van der Waals surface area contributed by atoms with Gasteiger partial charge >= 0.3 is 0 Å². The topological polar surface area (TPSA) is 119 Å². The Balaban J connectivity index is 1.43. The van der Waals surface area contributed by atoms with E-state index in [2.05, 4.69) is 25.8 Å². The van der Waals surface area contributed by atoms with Gasteiger partial charge in [-0.3, -0.25) is 10.2 Å². The van der Waals surface area contributed by atoms with Gasteiger partial charge < -0.3 is 0 Å². The second-order valence-electron chi connectivity index (χ2n) is 6.50. The van der Waals surface area contributed by atoms with Crippen molar-refractivity contribution < 1.29 is 13.2 Å². The summed E-state index contributed by atoms with van der Waals surface area (Å²) in [6.45, 7) is 0. The molecule has 28 heavy (non-hydrogen) atoms. The fourth-order valence-electron chi connectivity index (χ4n) is 3.17. The van der Waals surface area contributed by atoms with E-state index < -0.39 is 15.9 Å². The summed E-state index contributed by atoms with van der Waals surface area (Å²) in [5.74, 6) is -0.565. The molecule has 10 heteroatoms. The van der Waals surface area contributed by atoms with Gasteiger partial charge in [-0.2, -0.15) is 0 Å². The van der Waals surface area contributed by atoms with Gasteiger partial charge in [0.05, 0.1) is 10.6 Å². The molecule has 1 aromatic heterocycles. The van der Waals surface area contributed by atoms with Crippen molar-refractivity contribution in [3.05, 3.63) is 65.5 Å². The van der Waals surface area contributed by atoms with Gasteiger partial charge in [0.25, 0.3) is 15.9 Å². The highest BCUT2D eigenvalue weighted by molar-refractivity contribution is 7.89. The maximum absolute atomic E-state index is 12.5. The van der Waals surface area contributed by atoms with Crippen LogP contribution in [0.4, 0.5) is 0 Å². The van der Waals surface area contributed by atoms with E-state index in [4.69, 9.17) is 0 Å². The van der Waals surface area contributed by atoms with Gasteiger partial charge in [-0.05, 0) is 83.6 Å². The molecule has 9 nitrogen and oxygen atoms in total. The average Bonchev–Trinajstić information content (AvgIpc) is 3.27. The third-order valence-electron chi connectivity index (χ3n) is 4.67. The first-order valence-electron chi connectivity index (χ1n) is 8.80. The number of amides is 1. The summed E-state index contributed by atoms with van der Waals surface area (Å²) in [4.78, 5) is 14.6. The Morgan fingerprint density at radius 3 is 2.46 bits per heavy atom. The van der Waals surface area contributed by atoms with Crippen molar-refractivity contribution in [3.8, 4) is 5.69 Å². The predicted octanol–water partition coefficient (Wildman–Crippen LogP) is 1.16. The number of nitrogens with zero attached hydrogens (tertiary/aromatic N) is 4. The Morgan fingerprint density at radius 1 is 1.00 bits per heavy atom. The molecule has 0 unspecified atom stereocenters. The molecule has 0 fully saturated rings. The highest BCUT2D eigenvalue weighted by atomic mass is 32.2. The highest BCUT2D eigenvalue weighted by Gasteiger charge is 2.19. The number of hydrazine groups is 1. The van der Waals surface area contributed by atoms with E-state index >= 15 is 0 Å². The van der Waals surface area contributed by atoms with Crippen LogP contribution in [0.15, 0.2) is 53.7 Å². The van der Waals surface area contributed by atoms with Crippen molar-refractivity contribution in [2.45, 2.75) is 30.6 Å². The molecule has 4 rings (SSSR count). The molecule has 0 radical (unpaired) electrons. The SMILES string of the molecule is O=C(NNS(=O)(=O)c1ccc2c(c1)CCCC2)c1ccc(-n2cnnn2)cc1. The number of carbonyl (C=O) groups is 1. The monoisotopic (exact) mass is 398 g/mol. The van der Waals surface area contributed by atoms with Crippen LogP contribution >= 0.6 is 0 Å². The zero-order valence-electron chi connectivity index (χ0n) is 14.9. The number of fused-ring (bicyclic) bond motifs is 1. The van der Waals surface area contributed by atoms with Gasteiger partial charge in [0.15, 0.2) is 0 Å². The summed E-state index contributed by atoms with van der Waals surface area (Å²) in [5.41, 5.74) is 5.47. The van der Waals surface area contributed by atoms with Crippen molar-refractivity contribution in [2.75, 3.05) is 0 Å². The van der Waals surface area contributed by atoms with E-state index in [1.807, 2.05) is 6.07 Å². The zero-order chi connectivity index (χ0) is 19.6. The molecular weight excluding hydrogens is 380 g/mol. The van der Waals surface area contributed by atoms with Crippen molar-refractivity contribution in [1.82, 2.24) is 30.5 Å². The van der Waals surface area contributed by atoms with Gasteiger partial charge in [0.1, 0.15) is 6.33 Å². The molecule has 1 aliphatic rings. The molecule has 1 aliphatic carbocycles. The average molecular weight is 398 g/mol. The summed E-state index contributed by atoms with van der Waals surface area (Å²) < 4.78 is 26.5. The van der Waals surface area contributed by atoms with Crippen molar-refractivity contribution in [1.29, 1.82) is 0 Å². The minimum Gasteiger partial charge on any atom is -0.273 e. The van der Waals surface area contributed by atoms with Gasteiger partial charge in [-0.1, -0.05) is 6.07 Å². The van der Waals surface area contributed by atoms with E-state index in [-0.39, 0.29) is 4.90 Å². The number of carbonyl (C=O) groups excluding carboxylic acids is 1. The van der Waals surface area contributed by atoms with Crippen LogP contribution in [0.3, 0.4) is 0 Å². The number of aromatic nitrogens is 4. The lowest BCUT2D eigenvalue weighted by Gasteiger charge is -2.17. The molecule has 0 aliphatic heterocycles. The fourth-order valence-corrected chi connectivity index (χ4v) is 4.06. The molecule has 144 valence electrons. The van der Waals surface area contributed by atoms with Gasteiger partial charge in [-0.15, -0.1) is 9.93 Å². The lowest BCUT2D eigenvalue weighted by molar-refractivity contribution is 0.0945. The first-order valence-corrected chi connectivity index (χ1v) is 10.3. The van der Waals surface area contributed by atoms with Crippen LogP contribution in [0, 0.1) is 0 Å². The molecule has 1 heterocycles. The highest BCUT2D eigenvalue weighted by Crippen LogP contribution is 2.23. The van der Waals surface area contributed by atoms with Gasteiger partial charge in [0, 0.05) is 5.56 Å². The van der Waals surface area contributed by atoms with Crippen molar-refractivity contribution in [3.63, 3.8) is 0 Å².